The van der Waals surface area contributed by atoms with Gasteiger partial charge in [0.15, 0.2) is 5.69 Å². The van der Waals surface area contributed by atoms with Gasteiger partial charge in [0.05, 0.1) is 11.4 Å². The Bertz CT molecular complexity index is 1450. The van der Waals surface area contributed by atoms with Crippen LogP contribution in [0.15, 0.2) is 97.1 Å². The summed E-state index contributed by atoms with van der Waals surface area (Å²) in [4.78, 5) is 13.1. The van der Waals surface area contributed by atoms with Crippen LogP contribution in [-0.2, 0) is 0 Å². The van der Waals surface area contributed by atoms with E-state index in [0.29, 0.717) is 5.69 Å². The van der Waals surface area contributed by atoms with Crippen molar-refractivity contribution in [3.8, 4) is 16.9 Å². The van der Waals surface area contributed by atoms with Crippen LogP contribution in [0, 0.1) is 13.8 Å². The van der Waals surface area contributed by atoms with Crippen molar-refractivity contribution < 1.29 is 4.79 Å². The average molecular weight is 418 g/mol. The summed E-state index contributed by atoms with van der Waals surface area (Å²) in [6, 6.07) is 32.3. The van der Waals surface area contributed by atoms with E-state index in [0.717, 1.165) is 39.1 Å². The molecule has 5 rings (SSSR count). The SMILES string of the molecule is Cc1ccccc1NC(=O)c1cc(-c2ccc3ccccc3c2)n(-c2ccccc2C)n1. The van der Waals surface area contributed by atoms with Crippen LogP contribution in [-0.4, -0.2) is 15.7 Å². The fraction of sp³-hybridized carbons (Fsp3) is 0.0714. The van der Waals surface area contributed by atoms with Crippen molar-refractivity contribution in [3.05, 3.63) is 114 Å². The molecule has 0 spiro atoms. The number of rotatable bonds is 4. The predicted molar refractivity (Wildman–Crippen MR) is 130 cm³/mol. The molecule has 5 aromatic rings. The van der Waals surface area contributed by atoms with Crippen molar-refractivity contribution in [2.45, 2.75) is 13.8 Å². The maximum Gasteiger partial charge on any atom is 0.276 e. The van der Waals surface area contributed by atoms with Crippen LogP contribution in [0.5, 0.6) is 0 Å². The van der Waals surface area contributed by atoms with Gasteiger partial charge < -0.3 is 5.32 Å². The van der Waals surface area contributed by atoms with Crippen molar-refractivity contribution in [1.29, 1.82) is 0 Å². The highest BCUT2D eigenvalue weighted by atomic mass is 16.2. The molecule has 0 aliphatic carbocycles. The lowest BCUT2D eigenvalue weighted by atomic mass is 10.0. The second kappa shape index (κ2) is 8.16. The molecule has 0 bridgehead atoms. The summed E-state index contributed by atoms with van der Waals surface area (Å²) in [6.07, 6.45) is 0. The number of amides is 1. The Morgan fingerprint density at radius 2 is 1.44 bits per heavy atom. The monoisotopic (exact) mass is 417 g/mol. The third kappa shape index (κ3) is 3.67. The molecule has 1 heterocycles. The van der Waals surface area contributed by atoms with E-state index < -0.39 is 0 Å². The van der Waals surface area contributed by atoms with E-state index in [1.54, 1.807) is 0 Å². The van der Waals surface area contributed by atoms with Gasteiger partial charge in [-0.3, -0.25) is 4.79 Å². The molecule has 156 valence electrons. The minimum absolute atomic E-state index is 0.228. The lowest BCUT2D eigenvalue weighted by Crippen LogP contribution is -2.14. The van der Waals surface area contributed by atoms with Gasteiger partial charge in [0.2, 0.25) is 0 Å². The zero-order valence-corrected chi connectivity index (χ0v) is 18.0. The molecule has 0 saturated heterocycles. The molecule has 1 N–H and O–H groups in total. The van der Waals surface area contributed by atoms with Gasteiger partial charge in [0.1, 0.15) is 0 Å². The average Bonchev–Trinajstić information content (AvgIpc) is 3.26. The summed E-state index contributed by atoms with van der Waals surface area (Å²) >= 11 is 0. The molecule has 0 radical (unpaired) electrons. The fourth-order valence-electron chi connectivity index (χ4n) is 3.93. The number of anilines is 1. The predicted octanol–water partition coefficient (Wildman–Crippen LogP) is 6.56. The van der Waals surface area contributed by atoms with Gasteiger partial charge in [0, 0.05) is 11.3 Å². The van der Waals surface area contributed by atoms with E-state index in [4.69, 9.17) is 5.10 Å². The van der Waals surface area contributed by atoms with Crippen molar-refractivity contribution in [1.82, 2.24) is 9.78 Å². The number of nitrogens with zero attached hydrogens (tertiary/aromatic N) is 2. The molecule has 1 amide bonds. The molecule has 0 saturated carbocycles. The zero-order chi connectivity index (χ0) is 22.1. The Hall–Kier alpha value is -4.18. The van der Waals surface area contributed by atoms with Crippen LogP contribution in [0.25, 0.3) is 27.7 Å². The number of fused-ring (bicyclic) bond motifs is 1. The highest BCUT2D eigenvalue weighted by molar-refractivity contribution is 6.04. The van der Waals surface area contributed by atoms with Crippen molar-refractivity contribution in [2.24, 2.45) is 0 Å². The van der Waals surface area contributed by atoms with Gasteiger partial charge in [-0.05, 0) is 60.0 Å². The standard InChI is InChI=1S/C28H23N3O/c1-19-9-3-7-13-24(19)29-28(32)25-18-27(31(30-25)26-14-8-4-10-20(26)2)23-16-15-21-11-5-6-12-22(21)17-23/h3-18H,1-2H3,(H,29,32). The summed E-state index contributed by atoms with van der Waals surface area (Å²) in [6.45, 7) is 4.02. The Morgan fingerprint density at radius 1 is 0.750 bits per heavy atom. The topological polar surface area (TPSA) is 46.9 Å². The Balaban J connectivity index is 1.63. The molecule has 0 aliphatic heterocycles. The first-order chi connectivity index (χ1) is 15.6. The molecule has 0 atom stereocenters. The van der Waals surface area contributed by atoms with E-state index in [1.165, 1.54) is 5.39 Å². The highest BCUT2D eigenvalue weighted by Gasteiger charge is 2.18. The van der Waals surface area contributed by atoms with Gasteiger partial charge in [-0.1, -0.05) is 72.8 Å². The summed E-state index contributed by atoms with van der Waals surface area (Å²) in [5.41, 5.74) is 6.09. The van der Waals surface area contributed by atoms with E-state index in [2.05, 4.69) is 35.6 Å². The summed E-state index contributed by atoms with van der Waals surface area (Å²) in [5, 5.41) is 10.1. The third-order valence-corrected chi connectivity index (χ3v) is 5.72. The normalized spacial score (nSPS) is 10.9. The minimum atomic E-state index is -0.228. The van der Waals surface area contributed by atoms with Crippen LogP contribution in [0.2, 0.25) is 0 Å². The first-order valence-electron chi connectivity index (χ1n) is 10.6. The van der Waals surface area contributed by atoms with Crippen LogP contribution in [0.4, 0.5) is 5.69 Å². The summed E-state index contributed by atoms with van der Waals surface area (Å²) < 4.78 is 1.87. The fourth-order valence-corrected chi connectivity index (χ4v) is 3.93. The maximum absolute atomic E-state index is 13.1. The molecule has 4 nitrogen and oxygen atoms in total. The lowest BCUT2D eigenvalue weighted by molar-refractivity contribution is 0.102. The highest BCUT2D eigenvalue weighted by Crippen LogP contribution is 2.29. The number of aryl methyl sites for hydroxylation is 2. The smallest absolute Gasteiger partial charge is 0.276 e. The minimum Gasteiger partial charge on any atom is -0.320 e. The van der Waals surface area contributed by atoms with Gasteiger partial charge in [-0.15, -0.1) is 0 Å². The molecule has 4 heteroatoms. The number of benzene rings is 4. The third-order valence-electron chi connectivity index (χ3n) is 5.72. The van der Waals surface area contributed by atoms with Crippen molar-refractivity contribution >= 4 is 22.4 Å². The van der Waals surface area contributed by atoms with E-state index >= 15 is 0 Å². The summed E-state index contributed by atoms with van der Waals surface area (Å²) in [5.74, 6) is -0.228. The quantitative estimate of drug-likeness (QED) is 0.360. The Kier molecular flexibility index (Phi) is 5.04. The number of aromatic nitrogens is 2. The molecule has 1 aromatic heterocycles. The number of para-hydroxylation sites is 2. The number of carbonyl (C=O) groups excluding carboxylic acids is 1. The molecular weight excluding hydrogens is 394 g/mol. The molecule has 32 heavy (non-hydrogen) atoms. The first-order valence-corrected chi connectivity index (χ1v) is 10.6. The Labute approximate surface area is 187 Å². The van der Waals surface area contributed by atoms with Crippen LogP contribution < -0.4 is 5.32 Å². The second-order valence-corrected chi connectivity index (χ2v) is 7.94. The van der Waals surface area contributed by atoms with Gasteiger partial charge >= 0.3 is 0 Å². The van der Waals surface area contributed by atoms with Crippen molar-refractivity contribution in [3.63, 3.8) is 0 Å². The zero-order valence-electron chi connectivity index (χ0n) is 18.0. The molecule has 0 unspecified atom stereocenters. The van der Waals surface area contributed by atoms with Gasteiger partial charge in [-0.2, -0.15) is 5.10 Å². The number of hydrogen-bond donors (Lipinski definition) is 1. The molecule has 0 fully saturated rings. The van der Waals surface area contributed by atoms with Crippen molar-refractivity contribution in [2.75, 3.05) is 5.32 Å². The van der Waals surface area contributed by atoms with Crippen LogP contribution >= 0.6 is 0 Å². The molecule has 4 aromatic carbocycles. The lowest BCUT2D eigenvalue weighted by Gasteiger charge is -2.11. The first kappa shape index (κ1) is 19.8. The van der Waals surface area contributed by atoms with E-state index in [1.807, 2.05) is 85.3 Å². The van der Waals surface area contributed by atoms with Crippen LogP contribution in [0.3, 0.4) is 0 Å². The second-order valence-electron chi connectivity index (χ2n) is 7.94. The van der Waals surface area contributed by atoms with E-state index in [-0.39, 0.29) is 5.91 Å². The maximum atomic E-state index is 13.1. The Morgan fingerprint density at radius 3 is 2.22 bits per heavy atom. The molecular formula is C28H23N3O. The number of carbonyl (C=O) groups is 1. The summed E-state index contributed by atoms with van der Waals surface area (Å²) in [7, 11) is 0. The largest absolute Gasteiger partial charge is 0.320 e. The van der Waals surface area contributed by atoms with E-state index in [9.17, 15) is 4.79 Å². The van der Waals surface area contributed by atoms with Crippen LogP contribution in [0.1, 0.15) is 21.6 Å². The number of nitrogens with one attached hydrogen (secondary N) is 1. The van der Waals surface area contributed by atoms with Gasteiger partial charge in [-0.25, -0.2) is 4.68 Å². The number of hydrogen-bond acceptors (Lipinski definition) is 2. The van der Waals surface area contributed by atoms with Gasteiger partial charge in [0.25, 0.3) is 5.91 Å². The molecule has 0 aliphatic rings.